The predicted molar refractivity (Wildman–Crippen MR) is 134 cm³/mol. The van der Waals surface area contributed by atoms with Crippen molar-refractivity contribution < 1.29 is 18.0 Å². The molecule has 1 aliphatic carbocycles. The molecule has 11 heteroatoms. The lowest BCUT2D eigenvalue weighted by Gasteiger charge is -2.10. The quantitative estimate of drug-likeness (QED) is 0.224. The van der Waals surface area contributed by atoms with Gasteiger partial charge in [0.1, 0.15) is 5.82 Å². The first kappa shape index (κ1) is 24.3. The number of amides is 1. The number of carbonyl (C=O) groups excluding carboxylic acids is 1. The van der Waals surface area contributed by atoms with Crippen LogP contribution < -0.4 is 16.0 Å². The number of aromatic nitrogens is 4. The van der Waals surface area contributed by atoms with Crippen molar-refractivity contribution in [2.75, 3.05) is 16.0 Å². The summed E-state index contributed by atoms with van der Waals surface area (Å²) in [6, 6.07) is 14.7. The number of hydrogen-bond donors (Lipinski definition) is 4. The van der Waals surface area contributed by atoms with Crippen LogP contribution in [0, 0.1) is 0 Å². The molecule has 0 spiro atoms. The Morgan fingerprint density at radius 2 is 1.70 bits per heavy atom. The molecule has 0 bridgehead atoms. The van der Waals surface area contributed by atoms with Crippen molar-refractivity contribution in [1.29, 1.82) is 0 Å². The van der Waals surface area contributed by atoms with Crippen LogP contribution in [-0.2, 0) is 6.18 Å². The number of anilines is 5. The van der Waals surface area contributed by atoms with Gasteiger partial charge < -0.3 is 16.0 Å². The first-order valence-electron chi connectivity index (χ1n) is 11.8. The molecule has 2 aromatic carbocycles. The molecule has 2 heterocycles. The number of carbonyl (C=O) groups is 1. The number of rotatable bonds is 7. The van der Waals surface area contributed by atoms with Gasteiger partial charge in [-0.1, -0.05) is 18.9 Å². The van der Waals surface area contributed by atoms with Crippen molar-refractivity contribution in [1.82, 2.24) is 20.2 Å². The molecule has 1 saturated carbocycles. The van der Waals surface area contributed by atoms with E-state index in [0.717, 1.165) is 17.8 Å². The van der Waals surface area contributed by atoms with Crippen molar-refractivity contribution in [3.63, 3.8) is 0 Å². The van der Waals surface area contributed by atoms with Crippen LogP contribution in [0.3, 0.4) is 0 Å². The second-order valence-electron chi connectivity index (χ2n) is 8.82. The molecule has 1 aliphatic rings. The summed E-state index contributed by atoms with van der Waals surface area (Å²) >= 11 is 0. The summed E-state index contributed by atoms with van der Waals surface area (Å²) in [7, 11) is 0. The summed E-state index contributed by atoms with van der Waals surface area (Å²) in [4.78, 5) is 21.2. The minimum absolute atomic E-state index is 0.0621. The van der Waals surface area contributed by atoms with E-state index in [1.807, 2.05) is 6.07 Å². The second-order valence-corrected chi connectivity index (χ2v) is 8.82. The molecule has 190 valence electrons. The molecule has 4 N–H and O–H groups in total. The van der Waals surface area contributed by atoms with Crippen LogP contribution in [0.2, 0.25) is 0 Å². The van der Waals surface area contributed by atoms with Crippen LogP contribution in [0.1, 0.15) is 53.2 Å². The van der Waals surface area contributed by atoms with Gasteiger partial charge in [0.05, 0.1) is 5.56 Å². The molecule has 0 radical (unpaired) electrons. The summed E-state index contributed by atoms with van der Waals surface area (Å²) in [6.07, 6.45) is 1.96. The topological polar surface area (TPSA) is 108 Å². The minimum atomic E-state index is -4.49. The van der Waals surface area contributed by atoms with Crippen LogP contribution in [0.25, 0.3) is 0 Å². The third-order valence-corrected chi connectivity index (χ3v) is 6.16. The number of H-pyrrole nitrogens is 1. The highest BCUT2D eigenvalue weighted by atomic mass is 19.4. The van der Waals surface area contributed by atoms with Gasteiger partial charge in [0.25, 0.3) is 5.91 Å². The molecule has 0 saturated heterocycles. The Labute approximate surface area is 210 Å². The van der Waals surface area contributed by atoms with Gasteiger partial charge in [-0.25, -0.2) is 4.98 Å². The molecule has 1 fully saturated rings. The van der Waals surface area contributed by atoms with E-state index < -0.39 is 17.6 Å². The van der Waals surface area contributed by atoms with E-state index in [4.69, 9.17) is 0 Å². The van der Waals surface area contributed by atoms with Crippen molar-refractivity contribution in [3.05, 3.63) is 83.7 Å². The first-order valence-corrected chi connectivity index (χ1v) is 11.8. The zero-order valence-corrected chi connectivity index (χ0v) is 19.6. The Hall–Kier alpha value is -4.41. The summed E-state index contributed by atoms with van der Waals surface area (Å²) < 4.78 is 38.7. The van der Waals surface area contributed by atoms with E-state index in [9.17, 15) is 18.0 Å². The van der Waals surface area contributed by atoms with Crippen LogP contribution >= 0.6 is 0 Å². The molecule has 0 atom stereocenters. The fourth-order valence-corrected chi connectivity index (χ4v) is 4.28. The van der Waals surface area contributed by atoms with Crippen molar-refractivity contribution in [2.24, 2.45) is 0 Å². The highest BCUT2D eigenvalue weighted by Crippen LogP contribution is 2.34. The molecule has 2 aromatic heterocycles. The number of aromatic amines is 1. The van der Waals surface area contributed by atoms with Gasteiger partial charge in [-0.3, -0.25) is 9.89 Å². The lowest BCUT2D eigenvalue weighted by Crippen LogP contribution is -2.13. The molecule has 5 rings (SSSR count). The van der Waals surface area contributed by atoms with Gasteiger partial charge in [0.15, 0.2) is 5.82 Å². The lowest BCUT2D eigenvalue weighted by atomic mass is 10.0. The number of alkyl halides is 3. The Bertz CT molecular complexity index is 1380. The SMILES string of the molecule is O=C(Nc1cccc(C(F)(F)F)c1)c1ccc(Nc2nccc(Nc3cc(C4CCCC4)[nH]n3)n2)cc1. The van der Waals surface area contributed by atoms with E-state index in [-0.39, 0.29) is 11.3 Å². The van der Waals surface area contributed by atoms with E-state index in [2.05, 4.69) is 36.1 Å². The Balaban J connectivity index is 1.20. The highest BCUT2D eigenvalue weighted by Gasteiger charge is 2.30. The number of nitrogens with zero attached hydrogens (tertiary/aromatic N) is 3. The average molecular weight is 508 g/mol. The fraction of sp³-hybridized carbons (Fsp3) is 0.231. The molecule has 4 aromatic rings. The summed E-state index contributed by atoms with van der Waals surface area (Å²) in [5, 5.41) is 16.2. The lowest BCUT2D eigenvalue weighted by molar-refractivity contribution is -0.137. The van der Waals surface area contributed by atoms with Gasteiger partial charge in [-0.15, -0.1) is 0 Å². The van der Waals surface area contributed by atoms with E-state index in [1.165, 1.54) is 37.8 Å². The van der Waals surface area contributed by atoms with E-state index in [0.29, 0.717) is 29.2 Å². The van der Waals surface area contributed by atoms with Crippen LogP contribution in [0.4, 0.5) is 42.1 Å². The van der Waals surface area contributed by atoms with Gasteiger partial charge >= 0.3 is 6.18 Å². The Morgan fingerprint density at radius 1 is 0.919 bits per heavy atom. The van der Waals surface area contributed by atoms with Crippen molar-refractivity contribution in [3.8, 4) is 0 Å². The van der Waals surface area contributed by atoms with Crippen LogP contribution in [0.5, 0.6) is 0 Å². The van der Waals surface area contributed by atoms with Gasteiger partial charge in [-0.05, 0) is 61.4 Å². The number of nitrogens with one attached hydrogen (secondary N) is 4. The van der Waals surface area contributed by atoms with Crippen LogP contribution in [-0.4, -0.2) is 26.1 Å². The smallest absolute Gasteiger partial charge is 0.324 e. The van der Waals surface area contributed by atoms with Crippen molar-refractivity contribution >= 4 is 34.9 Å². The monoisotopic (exact) mass is 507 g/mol. The number of hydrogen-bond acceptors (Lipinski definition) is 6. The number of benzene rings is 2. The normalized spacial score (nSPS) is 13.9. The van der Waals surface area contributed by atoms with Gasteiger partial charge in [0, 0.05) is 40.8 Å². The highest BCUT2D eigenvalue weighted by molar-refractivity contribution is 6.04. The van der Waals surface area contributed by atoms with Crippen LogP contribution in [0.15, 0.2) is 66.9 Å². The second kappa shape index (κ2) is 10.3. The number of halogens is 3. The molecule has 1 amide bonds. The summed E-state index contributed by atoms with van der Waals surface area (Å²) in [5.74, 6) is 1.60. The van der Waals surface area contributed by atoms with Crippen molar-refractivity contribution in [2.45, 2.75) is 37.8 Å². The van der Waals surface area contributed by atoms with Gasteiger partial charge in [-0.2, -0.15) is 23.3 Å². The zero-order chi connectivity index (χ0) is 25.8. The molecule has 0 unspecified atom stereocenters. The maximum atomic E-state index is 12.9. The maximum Gasteiger partial charge on any atom is 0.416 e. The zero-order valence-electron chi connectivity index (χ0n) is 19.6. The third kappa shape index (κ3) is 6.05. The third-order valence-electron chi connectivity index (χ3n) is 6.16. The Kier molecular flexibility index (Phi) is 6.76. The molecular formula is C26H24F3N7O. The standard InChI is InChI=1S/C26H24F3N7O/c27-26(28,29)18-6-3-7-20(14-18)31-24(37)17-8-10-19(11-9-17)32-25-30-13-12-22(34-25)33-23-15-21(35-36-23)16-4-1-2-5-16/h3,6-16H,1-2,4-5H2,(H,31,37)(H3,30,32,33,34,35,36). The molecular weight excluding hydrogens is 483 g/mol. The molecule has 8 nitrogen and oxygen atoms in total. The van der Waals surface area contributed by atoms with E-state index in [1.54, 1.807) is 36.5 Å². The first-order chi connectivity index (χ1) is 17.8. The van der Waals surface area contributed by atoms with E-state index >= 15 is 0 Å². The molecule has 0 aliphatic heterocycles. The predicted octanol–water partition coefficient (Wildman–Crippen LogP) is 6.62. The maximum absolute atomic E-state index is 12.9. The minimum Gasteiger partial charge on any atom is -0.324 e. The molecule has 37 heavy (non-hydrogen) atoms. The summed E-state index contributed by atoms with van der Waals surface area (Å²) in [6.45, 7) is 0. The summed E-state index contributed by atoms with van der Waals surface area (Å²) in [5.41, 5.74) is 1.28. The largest absolute Gasteiger partial charge is 0.416 e. The Morgan fingerprint density at radius 3 is 2.46 bits per heavy atom. The fourth-order valence-electron chi connectivity index (χ4n) is 4.28. The average Bonchev–Trinajstić information content (AvgIpc) is 3.57. The van der Waals surface area contributed by atoms with Gasteiger partial charge in [0.2, 0.25) is 5.95 Å².